The van der Waals surface area contributed by atoms with E-state index in [1.165, 1.54) is 4.90 Å². The quantitative estimate of drug-likeness (QED) is 0.777. The monoisotopic (exact) mass is 264 g/mol. The zero-order chi connectivity index (χ0) is 14.0. The summed E-state index contributed by atoms with van der Waals surface area (Å²) in [4.78, 5) is 32.7. The van der Waals surface area contributed by atoms with Crippen LogP contribution in [0.5, 0.6) is 0 Å². The SMILES string of the molecule is CCC(C)N1C(=O)CC(NC(C)c2ncc[nH]2)C1=O. The van der Waals surface area contributed by atoms with Gasteiger partial charge in [0.15, 0.2) is 0 Å². The number of hydrogen-bond donors (Lipinski definition) is 2. The minimum Gasteiger partial charge on any atom is -0.347 e. The fraction of sp³-hybridized carbons (Fsp3) is 0.615. The third-order valence-corrected chi connectivity index (χ3v) is 3.60. The third-order valence-electron chi connectivity index (χ3n) is 3.60. The number of amides is 2. The van der Waals surface area contributed by atoms with Gasteiger partial charge in [0.1, 0.15) is 5.82 Å². The largest absolute Gasteiger partial charge is 0.347 e. The Bertz CT molecular complexity index is 457. The number of nitrogens with zero attached hydrogens (tertiary/aromatic N) is 2. The molecule has 0 spiro atoms. The molecule has 0 bridgehead atoms. The van der Waals surface area contributed by atoms with Gasteiger partial charge in [-0.15, -0.1) is 0 Å². The van der Waals surface area contributed by atoms with Crippen LogP contribution in [0, 0.1) is 0 Å². The van der Waals surface area contributed by atoms with E-state index in [1.54, 1.807) is 12.4 Å². The van der Waals surface area contributed by atoms with Gasteiger partial charge in [-0.25, -0.2) is 4.98 Å². The van der Waals surface area contributed by atoms with Gasteiger partial charge < -0.3 is 4.98 Å². The van der Waals surface area contributed by atoms with E-state index in [1.807, 2.05) is 20.8 Å². The lowest BCUT2D eigenvalue weighted by molar-refractivity contribution is -0.141. The van der Waals surface area contributed by atoms with Gasteiger partial charge in [-0.05, 0) is 20.3 Å². The number of imidazole rings is 1. The van der Waals surface area contributed by atoms with Gasteiger partial charge in [-0.3, -0.25) is 19.8 Å². The van der Waals surface area contributed by atoms with Crippen LogP contribution in [0.3, 0.4) is 0 Å². The van der Waals surface area contributed by atoms with Gasteiger partial charge in [-0.2, -0.15) is 0 Å². The van der Waals surface area contributed by atoms with Gasteiger partial charge >= 0.3 is 0 Å². The van der Waals surface area contributed by atoms with Crippen molar-refractivity contribution in [2.24, 2.45) is 0 Å². The zero-order valence-electron chi connectivity index (χ0n) is 11.5. The number of hydrogen-bond acceptors (Lipinski definition) is 4. The summed E-state index contributed by atoms with van der Waals surface area (Å²) in [7, 11) is 0. The number of nitrogens with one attached hydrogen (secondary N) is 2. The molecule has 1 fully saturated rings. The average molecular weight is 264 g/mol. The number of H-pyrrole nitrogens is 1. The molecule has 0 saturated carbocycles. The molecule has 0 aliphatic carbocycles. The van der Waals surface area contributed by atoms with Gasteiger partial charge in [0.05, 0.1) is 18.5 Å². The summed E-state index contributed by atoms with van der Waals surface area (Å²) >= 11 is 0. The van der Waals surface area contributed by atoms with Gasteiger partial charge in [0.2, 0.25) is 11.8 Å². The first-order valence-electron chi connectivity index (χ1n) is 6.65. The summed E-state index contributed by atoms with van der Waals surface area (Å²) in [5, 5.41) is 3.16. The van der Waals surface area contributed by atoms with E-state index in [0.717, 1.165) is 12.2 Å². The molecule has 19 heavy (non-hydrogen) atoms. The molecule has 3 unspecified atom stereocenters. The van der Waals surface area contributed by atoms with Crippen molar-refractivity contribution in [1.82, 2.24) is 20.2 Å². The van der Waals surface area contributed by atoms with Crippen LogP contribution in [0.1, 0.15) is 45.5 Å². The molecule has 1 saturated heterocycles. The van der Waals surface area contributed by atoms with Crippen LogP contribution < -0.4 is 5.32 Å². The van der Waals surface area contributed by atoms with Crippen molar-refractivity contribution < 1.29 is 9.59 Å². The first-order chi connectivity index (χ1) is 9.04. The smallest absolute Gasteiger partial charge is 0.247 e. The zero-order valence-corrected chi connectivity index (χ0v) is 11.5. The molecule has 104 valence electrons. The van der Waals surface area contributed by atoms with Crippen molar-refractivity contribution in [3.05, 3.63) is 18.2 Å². The van der Waals surface area contributed by atoms with Crippen molar-refractivity contribution in [2.45, 2.75) is 51.7 Å². The van der Waals surface area contributed by atoms with Crippen molar-refractivity contribution in [1.29, 1.82) is 0 Å². The Labute approximate surface area is 112 Å². The van der Waals surface area contributed by atoms with Crippen LogP contribution in [0.2, 0.25) is 0 Å². The van der Waals surface area contributed by atoms with E-state index in [9.17, 15) is 9.59 Å². The standard InChI is InChI=1S/C13H20N4O2/c1-4-8(2)17-11(18)7-10(13(17)19)16-9(3)12-14-5-6-15-12/h5-6,8-10,16H,4,7H2,1-3H3,(H,14,15). The lowest BCUT2D eigenvalue weighted by Crippen LogP contribution is -2.43. The molecule has 3 atom stereocenters. The van der Waals surface area contributed by atoms with E-state index >= 15 is 0 Å². The number of rotatable bonds is 5. The molecule has 2 heterocycles. The minimum absolute atomic E-state index is 0.0364. The van der Waals surface area contributed by atoms with Crippen molar-refractivity contribution >= 4 is 11.8 Å². The highest BCUT2D eigenvalue weighted by molar-refractivity contribution is 6.05. The summed E-state index contributed by atoms with van der Waals surface area (Å²) < 4.78 is 0. The third kappa shape index (κ3) is 2.68. The maximum atomic E-state index is 12.2. The van der Waals surface area contributed by atoms with E-state index < -0.39 is 6.04 Å². The highest BCUT2D eigenvalue weighted by Crippen LogP contribution is 2.20. The van der Waals surface area contributed by atoms with E-state index in [0.29, 0.717) is 0 Å². The van der Waals surface area contributed by atoms with Gasteiger partial charge in [0.25, 0.3) is 0 Å². The second kappa shape index (κ2) is 5.52. The molecule has 2 N–H and O–H groups in total. The molecule has 1 aliphatic heterocycles. The van der Waals surface area contributed by atoms with Gasteiger partial charge in [-0.1, -0.05) is 6.92 Å². The number of aromatic nitrogens is 2. The second-order valence-corrected chi connectivity index (χ2v) is 4.98. The fourth-order valence-electron chi connectivity index (χ4n) is 2.32. The maximum absolute atomic E-state index is 12.2. The lowest BCUT2D eigenvalue weighted by Gasteiger charge is -2.22. The highest BCUT2D eigenvalue weighted by Gasteiger charge is 2.41. The van der Waals surface area contributed by atoms with E-state index in [-0.39, 0.29) is 30.3 Å². The summed E-state index contributed by atoms with van der Waals surface area (Å²) in [6.07, 6.45) is 4.41. The van der Waals surface area contributed by atoms with Crippen molar-refractivity contribution in [3.8, 4) is 0 Å². The summed E-state index contributed by atoms with van der Waals surface area (Å²) in [5.41, 5.74) is 0. The Morgan fingerprint density at radius 2 is 2.26 bits per heavy atom. The lowest BCUT2D eigenvalue weighted by atomic mass is 10.2. The molecule has 0 radical (unpaired) electrons. The Balaban J connectivity index is 2.03. The van der Waals surface area contributed by atoms with Crippen LogP contribution in [-0.2, 0) is 9.59 Å². The highest BCUT2D eigenvalue weighted by atomic mass is 16.2. The van der Waals surface area contributed by atoms with Gasteiger partial charge in [0, 0.05) is 18.4 Å². The number of likely N-dealkylation sites (tertiary alicyclic amines) is 1. The van der Waals surface area contributed by atoms with Crippen LogP contribution in [0.15, 0.2) is 12.4 Å². The first kappa shape index (κ1) is 13.7. The van der Waals surface area contributed by atoms with E-state index in [4.69, 9.17) is 0 Å². The summed E-state index contributed by atoms with van der Waals surface area (Å²) in [6, 6.07) is -0.569. The van der Waals surface area contributed by atoms with Crippen LogP contribution >= 0.6 is 0 Å². The number of aromatic amines is 1. The summed E-state index contributed by atoms with van der Waals surface area (Å²) in [5.74, 6) is 0.545. The Kier molecular flexibility index (Phi) is 3.99. The number of imide groups is 1. The maximum Gasteiger partial charge on any atom is 0.247 e. The number of carbonyl (C=O) groups is 2. The molecule has 1 aliphatic rings. The molecule has 2 rings (SSSR count). The molecule has 2 amide bonds. The van der Waals surface area contributed by atoms with Crippen LogP contribution in [0.25, 0.3) is 0 Å². The summed E-state index contributed by atoms with van der Waals surface area (Å²) in [6.45, 7) is 5.79. The van der Waals surface area contributed by atoms with Crippen LogP contribution in [-0.4, -0.2) is 38.8 Å². The van der Waals surface area contributed by atoms with Crippen molar-refractivity contribution in [2.75, 3.05) is 0 Å². The minimum atomic E-state index is -0.443. The predicted molar refractivity (Wildman–Crippen MR) is 70.1 cm³/mol. The van der Waals surface area contributed by atoms with E-state index in [2.05, 4.69) is 15.3 Å². The fourth-order valence-corrected chi connectivity index (χ4v) is 2.32. The average Bonchev–Trinajstić information content (AvgIpc) is 2.98. The molecule has 1 aromatic heterocycles. The molecule has 6 nitrogen and oxygen atoms in total. The Morgan fingerprint density at radius 1 is 1.53 bits per heavy atom. The predicted octanol–water partition coefficient (Wildman–Crippen LogP) is 0.986. The first-order valence-corrected chi connectivity index (χ1v) is 6.65. The second-order valence-electron chi connectivity index (χ2n) is 4.98. The Hall–Kier alpha value is -1.69. The molecule has 1 aromatic rings. The molecular weight excluding hydrogens is 244 g/mol. The Morgan fingerprint density at radius 3 is 2.84 bits per heavy atom. The topological polar surface area (TPSA) is 78.1 Å². The molecule has 0 aromatic carbocycles. The normalized spacial score (nSPS) is 22.9. The van der Waals surface area contributed by atoms with Crippen molar-refractivity contribution in [3.63, 3.8) is 0 Å². The van der Waals surface area contributed by atoms with Crippen LogP contribution in [0.4, 0.5) is 0 Å². The molecular formula is C13H20N4O2. The number of carbonyl (C=O) groups excluding carboxylic acids is 2. The molecule has 6 heteroatoms.